The van der Waals surface area contributed by atoms with Crippen molar-refractivity contribution < 1.29 is 9.59 Å². The van der Waals surface area contributed by atoms with Gasteiger partial charge in [0.25, 0.3) is 5.91 Å². The molecule has 1 saturated heterocycles. The van der Waals surface area contributed by atoms with Gasteiger partial charge in [0, 0.05) is 0 Å². The van der Waals surface area contributed by atoms with Crippen LogP contribution in [-0.2, 0) is 4.79 Å². The molecule has 1 aliphatic heterocycles. The van der Waals surface area contributed by atoms with Gasteiger partial charge in [0.1, 0.15) is 6.04 Å². The zero-order valence-corrected chi connectivity index (χ0v) is 7.60. The van der Waals surface area contributed by atoms with Crippen molar-refractivity contribution in [2.45, 2.75) is 33.2 Å². The summed E-state index contributed by atoms with van der Waals surface area (Å²) < 4.78 is 0. The van der Waals surface area contributed by atoms with Gasteiger partial charge in [0.15, 0.2) is 0 Å². The van der Waals surface area contributed by atoms with Crippen LogP contribution in [0.4, 0.5) is 4.79 Å². The molecule has 1 heterocycles. The molecule has 2 N–H and O–H groups in total. The summed E-state index contributed by atoms with van der Waals surface area (Å²) in [5.41, 5.74) is 0.0552. The van der Waals surface area contributed by atoms with Crippen molar-refractivity contribution in [3.8, 4) is 0 Å². The first-order valence-corrected chi connectivity index (χ1v) is 4.00. The lowest BCUT2D eigenvalue weighted by Crippen LogP contribution is -2.33. The summed E-state index contributed by atoms with van der Waals surface area (Å²) in [7, 11) is 0. The van der Waals surface area contributed by atoms with E-state index in [2.05, 4.69) is 10.6 Å². The Morgan fingerprint density at radius 3 is 2.25 bits per heavy atom. The number of imide groups is 1. The number of hydrogen-bond acceptors (Lipinski definition) is 2. The van der Waals surface area contributed by atoms with Crippen molar-refractivity contribution in [3.05, 3.63) is 0 Å². The van der Waals surface area contributed by atoms with Gasteiger partial charge in [-0.15, -0.1) is 0 Å². The molecule has 12 heavy (non-hydrogen) atoms. The van der Waals surface area contributed by atoms with Gasteiger partial charge in [-0.05, 0) is 11.8 Å². The van der Waals surface area contributed by atoms with E-state index in [1.54, 1.807) is 0 Å². The molecule has 0 saturated carbocycles. The number of amides is 3. The molecule has 1 fully saturated rings. The van der Waals surface area contributed by atoms with Crippen LogP contribution in [0.5, 0.6) is 0 Å². The van der Waals surface area contributed by atoms with E-state index in [1.165, 1.54) is 0 Å². The Morgan fingerprint density at radius 2 is 1.92 bits per heavy atom. The Morgan fingerprint density at radius 1 is 1.33 bits per heavy atom. The van der Waals surface area contributed by atoms with Crippen molar-refractivity contribution in [1.29, 1.82) is 0 Å². The van der Waals surface area contributed by atoms with Gasteiger partial charge < -0.3 is 5.32 Å². The minimum atomic E-state index is -0.380. The highest BCUT2D eigenvalue weighted by molar-refractivity contribution is 6.04. The molecule has 4 nitrogen and oxygen atoms in total. The zero-order valence-electron chi connectivity index (χ0n) is 7.60. The van der Waals surface area contributed by atoms with Crippen molar-refractivity contribution in [2.75, 3.05) is 0 Å². The van der Waals surface area contributed by atoms with Crippen LogP contribution < -0.4 is 10.6 Å². The summed E-state index contributed by atoms with van der Waals surface area (Å²) in [5.74, 6) is -0.213. The minimum absolute atomic E-state index is 0.0552. The summed E-state index contributed by atoms with van der Waals surface area (Å²) >= 11 is 0. The Kier molecular flexibility index (Phi) is 2.08. The number of carbonyl (C=O) groups is 2. The fraction of sp³-hybridized carbons (Fsp3) is 0.750. The zero-order chi connectivity index (χ0) is 9.35. The Labute approximate surface area is 71.7 Å². The predicted molar refractivity (Wildman–Crippen MR) is 44.5 cm³/mol. The van der Waals surface area contributed by atoms with Crippen LogP contribution in [0.25, 0.3) is 0 Å². The number of rotatable bonds is 1. The molecule has 4 heteroatoms. The van der Waals surface area contributed by atoms with E-state index in [1.807, 2.05) is 20.8 Å². The highest BCUT2D eigenvalue weighted by Crippen LogP contribution is 2.21. The maximum Gasteiger partial charge on any atom is 0.322 e. The molecule has 0 spiro atoms. The molecule has 1 atom stereocenters. The van der Waals surface area contributed by atoms with Gasteiger partial charge >= 0.3 is 6.03 Å². The van der Waals surface area contributed by atoms with Gasteiger partial charge in [-0.1, -0.05) is 20.8 Å². The van der Waals surface area contributed by atoms with E-state index in [0.717, 1.165) is 0 Å². The van der Waals surface area contributed by atoms with Crippen LogP contribution in [-0.4, -0.2) is 18.0 Å². The molecule has 1 rings (SSSR count). The molecule has 0 aliphatic carbocycles. The molecule has 0 aromatic heterocycles. The maximum absolute atomic E-state index is 11.1. The summed E-state index contributed by atoms with van der Waals surface area (Å²) in [6.45, 7) is 6.10. The van der Waals surface area contributed by atoms with Gasteiger partial charge in [0.2, 0.25) is 0 Å². The molecule has 0 radical (unpaired) electrons. The molecule has 0 bridgehead atoms. The van der Waals surface area contributed by atoms with Gasteiger partial charge in [-0.2, -0.15) is 0 Å². The predicted octanol–water partition coefficient (Wildman–Crippen LogP) is 0.631. The minimum Gasteiger partial charge on any atom is -0.326 e. The topological polar surface area (TPSA) is 58.2 Å². The molecule has 1 aliphatic rings. The average Bonchev–Trinajstić information content (AvgIpc) is 2.06. The number of nitrogens with one attached hydrogen (secondary N) is 2. The van der Waals surface area contributed by atoms with E-state index in [-0.39, 0.29) is 23.4 Å². The fourth-order valence-electron chi connectivity index (χ4n) is 1.21. The normalized spacial score (nSPS) is 23.8. The first-order chi connectivity index (χ1) is 5.38. The first kappa shape index (κ1) is 9.03. The second-order valence-electron chi connectivity index (χ2n) is 4.28. The smallest absolute Gasteiger partial charge is 0.322 e. The van der Waals surface area contributed by atoms with Crippen LogP contribution in [0.3, 0.4) is 0 Å². The van der Waals surface area contributed by atoms with E-state index < -0.39 is 0 Å². The summed E-state index contributed by atoms with van der Waals surface area (Å²) in [5, 5.41) is 4.76. The fourth-order valence-corrected chi connectivity index (χ4v) is 1.21. The number of hydrogen-bond donors (Lipinski definition) is 2. The lowest BCUT2D eigenvalue weighted by Gasteiger charge is -2.20. The van der Waals surface area contributed by atoms with E-state index in [9.17, 15) is 9.59 Å². The van der Waals surface area contributed by atoms with Crippen LogP contribution >= 0.6 is 0 Å². The molecule has 3 amide bonds. The van der Waals surface area contributed by atoms with E-state index in [4.69, 9.17) is 0 Å². The maximum atomic E-state index is 11.1. The lowest BCUT2D eigenvalue weighted by molar-refractivity contribution is -0.120. The second kappa shape index (κ2) is 2.77. The molecule has 0 unspecified atom stereocenters. The average molecular weight is 170 g/mol. The Hall–Kier alpha value is -1.06. The molecule has 0 aromatic rings. The molecular weight excluding hydrogens is 156 g/mol. The largest absolute Gasteiger partial charge is 0.326 e. The van der Waals surface area contributed by atoms with Crippen LogP contribution in [0.2, 0.25) is 0 Å². The van der Waals surface area contributed by atoms with Gasteiger partial charge in [-0.3, -0.25) is 10.1 Å². The standard InChI is InChI=1S/C8H14N2O2/c1-8(2,3)4-5-6(11)10-7(12)9-5/h5H,4H2,1-3H3,(H2,9,10,11,12)/t5-/m0/s1. The van der Waals surface area contributed by atoms with Gasteiger partial charge in [0.05, 0.1) is 0 Å². The Bertz CT molecular complexity index is 218. The van der Waals surface area contributed by atoms with Crippen LogP contribution in [0, 0.1) is 5.41 Å². The van der Waals surface area contributed by atoms with Crippen molar-refractivity contribution in [3.63, 3.8) is 0 Å². The SMILES string of the molecule is CC(C)(C)C[C@@H]1NC(=O)NC1=O. The van der Waals surface area contributed by atoms with E-state index >= 15 is 0 Å². The monoisotopic (exact) mass is 170 g/mol. The number of carbonyl (C=O) groups excluding carboxylic acids is 2. The third-order valence-corrected chi connectivity index (χ3v) is 1.68. The van der Waals surface area contributed by atoms with Crippen LogP contribution in [0.15, 0.2) is 0 Å². The summed E-state index contributed by atoms with van der Waals surface area (Å²) in [6.07, 6.45) is 0.671. The highest BCUT2D eigenvalue weighted by Gasteiger charge is 2.32. The lowest BCUT2D eigenvalue weighted by atomic mass is 9.88. The Balaban J connectivity index is 2.54. The highest BCUT2D eigenvalue weighted by atomic mass is 16.2. The quantitative estimate of drug-likeness (QED) is 0.567. The van der Waals surface area contributed by atoms with E-state index in [0.29, 0.717) is 6.42 Å². The van der Waals surface area contributed by atoms with Crippen molar-refractivity contribution >= 4 is 11.9 Å². The molecule has 0 aromatic carbocycles. The summed E-state index contributed by atoms with van der Waals surface area (Å²) in [6, 6.07) is -0.730. The van der Waals surface area contributed by atoms with Gasteiger partial charge in [-0.25, -0.2) is 4.79 Å². The number of urea groups is 1. The molecule has 68 valence electrons. The third-order valence-electron chi connectivity index (χ3n) is 1.68. The second-order valence-corrected chi connectivity index (χ2v) is 4.28. The van der Waals surface area contributed by atoms with Crippen molar-refractivity contribution in [1.82, 2.24) is 10.6 Å². The summed E-state index contributed by atoms with van der Waals surface area (Å²) in [4.78, 5) is 21.8. The van der Waals surface area contributed by atoms with Crippen molar-refractivity contribution in [2.24, 2.45) is 5.41 Å². The molecular formula is C8H14N2O2. The first-order valence-electron chi connectivity index (χ1n) is 4.00. The third kappa shape index (κ3) is 2.22. The van der Waals surface area contributed by atoms with Crippen LogP contribution in [0.1, 0.15) is 27.2 Å².